The van der Waals surface area contributed by atoms with Gasteiger partial charge in [-0.1, -0.05) is 18.5 Å². The fourth-order valence-electron chi connectivity index (χ4n) is 2.98. The maximum absolute atomic E-state index is 12.3. The minimum Gasteiger partial charge on any atom is -0.424 e. The normalized spacial score (nSPS) is 10.6. The number of amides is 2. The summed E-state index contributed by atoms with van der Waals surface area (Å²) in [6.07, 6.45) is 0.609. The van der Waals surface area contributed by atoms with E-state index in [9.17, 15) is 4.79 Å². The molecule has 2 aromatic carbocycles. The number of nitrogens with zero attached hydrogens (tertiary/aromatic N) is 4. The van der Waals surface area contributed by atoms with Gasteiger partial charge in [0.25, 0.3) is 0 Å². The molecule has 0 bridgehead atoms. The van der Waals surface area contributed by atoms with Crippen LogP contribution in [0.3, 0.4) is 0 Å². The van der Waals surface area contributed by atoms with Crippen molar-refractivity contribution in [1.29, 1.82) is 0 Å². The highest BCUT2D eigenvalue weighted by molar-refractivity contribution is 6.31. The van der Waals surface area contributed by atoms with E-state index in [1.807, 2.05) is 26.8 Å². The number of anilines is 4. The van der Waals surface area contributed by atoms with Crippen LogP contribution in [-0.2, 0) is 6.42 Å². The predicted octanol–water partition coefficient (Wildman–Crippen LogP) is 5.61. The zero-order valence-electron chi connectivity index (χ0n) is 18.8. The number of hydrogen-bond acceptors (Lipinski definition) is 7. The smallest absolute Gasteiger partial charge is 0.327 e. The van der Waals surface area contributed by atoms with Gasteiger partial charge in [0.15, 0.2) is 5.82 Å². The molecule has 2 amide bonds. The summed E-state index contributed by atoms with van der Waals surface area (Å²) in [5, 5.41) is 16.2. The lowest BCUT2D eigenvalue weighted by molar-refractivity contribution is 0.262. The Morgan fingerprint density at radius 1 is 1.00 bits per heavy atom. The molecule has 0 aliphatic rings. The van der Waals surface area contributed by atoms with E-state index in [4.69, 9.17) is 16.3 Å². The molecule has 4 rings (SSSR count). The molecular formula is C23H23ClN8O2. The molecule has 0 unspecified atom stereocenters. The van der Waals surface area contributed by atoms with Crippen molar-refractivity contribution in [3.63, 3.8) is 0 Å². The molecule has 0 saturated heterocycles. The molecular weight excluding hydrogens is 456 g/mol. The number of ether oxygens (including phenoxy) is 1. The number of halogens is 1. The average Bonchev–Trinajstić information content (AvgIpc) is 3.21. The number of aromatic amines is 1. The Morgan fingerprint density at radius 2 is 1.74 bits per heavy atom. The van der Waals surface area contributed by atoms with Gasteiger partial charge in [0, 0.05) is 34.6 Å². The van der Waals surface area contributed by atoms with Crippen LogP contribution in [0.25, 0.3) is 0 Å². The summed E-state index contributed by atoms with van der Waals surface area (Å²) in [4.78, 5) is 25.3. The number of urea groups is 1. The van der Waals surface area contributed by atoms with E-state index in [2.05, 4.69) is 41.1 Å². The first-order chi connectivity index (χ1) is 16.4. The molecule has 10 nitrogen and oxygen atoms in total. The average molecular weight is 479 g/mol. The third-order valence-electron chi connectivity index (χ3n) is 4.66. The van der Waals surface area contributed by atoms with Crippen molar-refractivity contribution in [2.24, 2.45) is 0 Å². The summed E-state index contributed by atoms with van der Waals surface area (Å²) in [6, 6.07) is 13.7. The standard InChI is InChI=1S/C23H23ClN8O2/c1-4-19-27-21(28-20-12-14(3)31-32-20)30-23(29-19)34-17-8-5-15(6-9-17)25-22(33)26-16-7-10-18(24)13(2)11-16/h5-12H,4H2,1-3H3,(H2,25,26,33)(H2,27,28,29,30,31,32). The maximum Gasteiger partial charge on any atom is 0.327 e. The second-order valence-corrected chi connectivity index (χ2v) is 7.85. The first-order valence-corrected chi connectivity index (χ1v) is 10.9. The van der Waals surface area contributed by atoms with Gasteiger partial charge in [0.05, 0.1) is 0 Å². The SMILES string of the molecule is CCc1nc(Nc2cc(C)[nH]n2)nc(Oc2ccc(NC(=O)Nc3ccc(Cl)c(C)c3)cc2)n1. The van der Waals surface area contributed by atoms with Crippen molar-refractivity contribution in [2.45, 2.75) is 27.2 Å². The Balaban J connectivity index is 1.40. The van der Waals surface area contributed by atoms with Crippen molar-refractivity contribution in [2.75, 3.05) is 16.0 Å². The first-order valence-electron chi connectivity index (χ1n) is 10.5. The molecule has 174 valence electrons. The summed E-state index contributed by atoms with van der Waals surface area (Å²) in [7, 11) is 0. The van der Waals surface area contributed by atoms with Gasteiger partial charge in [-0.25, -0.2) is 4.79 Å². The van der Waals surface area contributed by atoms with Gasteiger partial charge in [-0.2, -0.15) is 20.1 Å². The number of hydrogen-bond donors (Lipinski definition) is 4. The fourth-order valence-corrected chi connectivity index (χ4v) is 3.10. The Bertz CT molecular complexity index is 1310. The van der Waals surface area contributed by atoms with Crippen LogP contribution in [-0.4, -0.2) is 31.2 Å². The van der Waals surface area contributed by atoms with Gasteiger partial charge in [-0.05, 0) is 61.9 Å². The van der Waals surface area contributed by atoms with E-state index in [0.29, 0.717) is 46.2 Å². The molecule has 0 aliphatic carbocycles. The van der Waals surface area contributed by atoms with Crippen LogP contribution >= 0.6 is 11.6 Å². The summed E-state index contributed by atoms with van der Waals surface area (Å²) in [5.74, 6) is 2.01. The van der Waals surface area contributed by atoms with Gasteiger partial charge in [0.2, 0.25) is 5.95 Å². The van der Waals surface area contributed by atoms with E-state index < -0.39 is 0 Å². The van der Waals surface area contributed by atoms with E-state index in [1.165, 1.54) is 0 Å². The number of rotatable bonds is 7. The summed E-state index contributed by atoms with van der Waals surface area (Å²) >= 11 is 6.02. The Labute approximate surface area is 201 Å². The zero-order valence-corrected chi connectivity index (χ0v) is 19.6. The number of nitrogens with one attached hydrogen (secondary N) is 4. The molecule has 0 aliphatic heterocycles. The maximum atomic E-state index is 12.3. The van der Waals surface area contributed by atoms with Gasteiger partial charge in [-0.15, -0.1) is 0 Å². The van der Waals surface area contributed by atoms with Crippen molar-refractivity contribution >= 4 is 40.8 Å². The lowest BCUT2D eigenvalue weighted by atomic mass is 10.2. The van der Waals surface area contributed by atoms with Crippen molar-refractivity contribution < 1.29 is 9.53 Å². The first kappa shape index (κ1) is 23.0. The minimum atomic E-state index is -0.371. The number of benzene rings is 2. The zero-order chi connectivity index (χ0) is 24.1. The van der Waals surface area contributed by atoms with Gasteiger partial charge in [-0.3, -0.25) is 5.10 Å². The van der Waals surface area contributed by atoms with Crippen LogP contribution in [0.1, 0.15) is 24.0 Å². The second kappa shape index (κ2) is 10.2. The van der Waals surface area contributed by atoms with Gasteiger partial charge >= 0.3 is 12.0 Å². The molecule has 0 fully saturated rings. The monoisotopic (exact) mass is 478 g/mol. The Hall–Kier alpha value is -4.18. The van der Waals surface area contributed by atoms with Crippen LogP contribution in [0.2, 0.25) is 5.02 Å². The Morgan fingerprint density at radius 3 is 2.41 bits per heavy atom. The largest absolute Gasteiger partial charge is 0.424 e. The van der Waals surface area contributed by atoms with E-state index >= 15 is 0 Å². The molecule has 2 aromatic heterocycles. The van der Waals surface area contributed by atoms with Crippen LogP contribution in [0.15, 0.2) is 48.5 Å². The molecule has 0 radical (unpaired) electrons. The van der Waals surface area contributed by atoms with Crippen molar-refractivity contribution in [3.05, 3.63) is 70.6 Å². The second-order valence-electron chi connectivity index (χ2n) is 7.44. The number of carbonyl (C=O) groups excluding carboxylic acids is 1. The molecule has 2 heterocycles. The number of aryl methyl sites for hydroxylation is 3. The van der Waals surface area contributed by atoms with E-state index in [-0.39, 0.29) is 12.0 Å². The van der Waals surface area contributed by atoms with Crippen molar-refractivity contribution in [1.82, 2.24) is 25.1 Å². The molecule has 34 heavy (non-hydrogen) atoms. The van der Waals surface area contributed by atoms with Crippen LogP contribution in [0.4, 0.5) is 27.9 Å². The van der Waals surface area contributed by atoms with E-state index in [1.54, 1.807) is 42.5 Å². The summed E-state index contributed by atoms with van der Waals surface area (Å²) < 4.78 is 5.81. The number of carbonyl (C=O) groups is 1. The summed E-state index contributed by atoms with van der Waals surface area (Å²) in [6.45, 7) is 5.72. The van der Waals surface area contributed by atoms with Crippen LogP contribution < -0.4 is 20.7 Å². The Kier molecular flexibility index (Phi) is 6.88. The predicted molar refractivity (Wildman–Crippen MR) is 131 cm³/mol. The summed E-state index contributed by atoms with van der Waals surface area (Å²) in [5.41, 5.74) is 3.03. The van der Waals surface area contributed by atoms with Crippen LogP contribution in [0, 0.1) is 13.8 Å². The van der Waals surface area contributed by atoms with Gasteiger partial charge in [0.1, 0.15) is 11.6 Å². The third-order valence-corrected chi connectivity index (χ3v) is 5.08. The number of aromatic nitrogens is 5. The topological polar surface area (TPSA) is 130 Å². The molecule has 4 N–H and O–H groups in total. The van der Waals surface area contributed by atoms with Crippen LogP contribution in [0.5, 0.6) is 11.8 Å². The lowest BCUT2D eigenvalue weighted by Crippen LogP contribution is -2.19. The molecule has 0 spiro atoms. The quantitative estimate of drug-likeness (QED) is 0.271. The highest BCUT2D eigenvalue weighted by atomic mass is 35.5. The number of H-pyrrole nitrogens is 1. The molecule has 0 saturated carbocycles. The molecule has 11 heteroatoms. The van der Waals surface area contributed by atoms with E-state index in [0.717, 1.165) is 11.3 Å². The van der Waals surface area contributed by atoms with Crippen molar-refractivity contribution in [3.8, 4) is 11.8 Å². The fraction of sp³-hybridized carbons (Fsp3) is 0.174. The minimum absolute atomic E-state index is 0.151. The third kappa shape index (κ3) is 5.99. The van der Waals surface area contributed by atoms with Gasteiger partial charge < -0.3 is 20.7 Å². The molecule has 0 atom stereocenters. The lowest BCUT2D eigenvalue weighted by Gasteiger charge is -2.10. The highest BCUT2D eigenvalue weighted by Crippen LogP contribution is 2.23. The highest BCUT2D eigenvalue weighted by Gasteiger charge is 2.10. The molecule has 4 aromatic rings.